The van der Waals surface area contributed by atoms with Crippen LogP contribution in [0.5, 0.6) is 11.5 Å². The van der Waals surface area contributed by atoms with Gasteiger partial charge in [-0.05, 0) is 48.0 Å². The van der Waals surface area contributed by atoms with Crippen LogP contribution in [0.2, 0.25) is 0 Å². The molecule has 1 N–H and O–H groups in total. The van der Waals surface area contributed by atoms with Crippen molar-refractivity contribution in [2.45, 2.75) is 6.18 Å². The number of hydrazone groups is 1. The van der Waals surface area contributed by atoms with Gasteiger partial charge in [-0.2, -0.15) is 18.3 Å². The van der Waals surface area contributed by atoms with Gasteiger partial charge in [0.2, 0.25) is 0 Å². The average Bonchev–Trinajstić information content (AvgIpc) is 2.75. The highest BCUT2D eigenvalue weighted by Crippen LogP contribution is 2.34. The van der Waals surface area contributed by atoms with Crippen molar-refractivity contribution in [1.82, 2.24) is 4.98 Å². The third-order valence-electron chi connectivity index (χ3n) is 3.92. The first-order chi connectivity index (χ1) is 14.4. The Bertz CT molecular complexity index is 1050. The molecule has 0 aliphatic carbocycles. The average molecular weight is 415 g/mol. The summed E-state index contributed by atoms with van der Waals surface area (Å²) < 4.78 is 49.6. The van der Waals surface area contributed by atoms with Gasteiger partial charge in [-0.1, -0.05) is 12.1 Å². The third kappa shape index (κ3) is 5.13. The molecule has 0 bridgehead atoms. The van der Waals surface area contributed by atoms with E-state index in [1.165, 1.54) is 56.0 Å². The number of rotatable bonds is 6. The zero-order valence-corrected chi connectivity index (χ0v) is 15.7. The lowest BCUT2D eigenvalue weighted by atomic mass is 10.2. The van der Waals surface area contributed by atoms with E-state index in [9.17, 15) is 18.0 Å². The Morgan fingerprint density at radius 2 is 1.90 bits per heavy atom. The third-order valence-corrected chi connectivity index (χ3v) is 3.92. The summed E-state index contributed by atoms with van der Waals surface area (Å²) in [5.74, 6) is -0.168. The SMILES string of the molecule is COc1cc(/C=N\Nc2ccccc2C(F)(F)F)ccc1OC(=O)c1cccnc1. The highest BCUT2D eigenvalue weighted by Gasteiger charge is 2.33. The summed E-state index contributed by atoms with van der Waals surface area (Å²) in [6, 6.07) is 12.8. The number of hydrogen-bond acceptors (Lipinski definition) is 6. The van der Waals surface area contributed by atoms with Crippen LogP contribution in [0.4, 0.5) is 18.9 Å². The Kier molecular flexibility index (Phi) is 6.31. The summed E-state index contributed by atoms with van der Waals surface area (Å²) in [6.07, 6.45) is -0.266. The van der Waals surface area contributed by atoms with Crippen molar-refractivity contribution in [1.29, 1.82) is 0 Å². The van der Waals surface area contributed by atoms with Crippen molar-refractivity contribution >= 4 is 17.9 Å². The van der Waals surface area contributed by atoms with Crippen molar-refractivity contribution in [2.75, 3.05) is 12.5 Å². The Hall–Kier alpha value is -3.88. The second-order valence-corrected chi connectivity index (χ2v) is 5.95. The number of alkyl halides is 3. The molecule has 0 fully saturated rings. The van der Waals surface area contributed by atoms with E-state index in [2.05, 4.69) is 15.5 Å². The van der Waals surface area contributed by atoms with Crippen LogP contribution in [-0.4, -0.2) is 24.3 Å². The van der Waals surface area contributed by atoms with Gasteiger partial charge in [-0.15, -0.1) is 0 Å². The maximum atomic E-state index is 13.0. The standard InChI is InChI=1S/C21H16F3N3O3/c1-29-19-11-14(8-9-18(19)30-20(28)15-5-4-10-25-13-15)12-26-27-17-7-3-2-6-16(17)21(22,23)24/h2-13,27H,1H3/b26-12-. The molecule has 1 heterocycles. The van der Waals surface area contributed by atoms with Gasteiger partial charge in [0.25, 0.3) is 0 Å². The molecular weight excluding hydrogens is 399 g/mol. The van der Waals surface area contributed by atoms with E-state index in [0.717, 1.165) is 6.07 Å². The van der Waals surface area contributed by atoms with Crippen LogP contribution < -0.4 is 14.9 Å². The first kappa shape index (κ1) is 20.8. The van der Waals surface area contributed by atoms with Crippen molar-refractivity contribution < 1.29 is 27.4 Å². The van der Waals surface area contributed by atoms with Gasteiger partial charge in [-0.25, -0.2) is 4.79 Å². The van der Waals surface area contributed by atoms with E-state index in [0.29, 0.717) is 5.56 Å². The van der Waals surface area contributed by atoms with Crippen LogP contribution in [0.15, 0.2) is 72.1 Å². The molecule has 1 aromatic heterocycles. The number of halogens is 3. The molecule has 0 saturated carbocycles. The Labute approximate surface area is 170 Å². The van der Waals surface area contributed by atoms with Gasteiger partial charge in [0, 0.05) is 12.4 Å². The number of nitrogens with one attached hydrogen (secondary N) is 1. The lowest BCUT2D eigenvalue weighted by molar-refractivity contribution is -0.136. The zero-order chi connectivity index (χ0) is 21.6. The Balaban J connectivity index is 1.73. The number of ether oxygens (including phenoxy) is 2. The van der Waals surface area contributed by atoms with E-state index < -0.39 is 17.7 Å². The van der Waals surface area contributed by atoms with Crippen molar-refractivity contribution in [2.24, 2.45) is 5.10 Å². The quantitative estimate of drug-likeness (QED) is 0.272. The maximum absolute atomic E-state index is 13.0. The predicted octanol–water partition coefficient (Wildman–Crippen LogP) is 4.77. The smallest absolute Gasteiger partial charge is 0.418 e. The molecule has 0 aliphatic heterocycles. The second kappa shape index (κ2) is 9.08. The minimum Gasteiger partial charge on any atom is -0.493 e. The molecule has 6 nitrogen and oxygen atoms in total. The van der Waals surface area contributed by atoms with Gasteiger partial charge < -0.3 is 9.47 Å². The summed E-state index contributed by atoms with van der Waals surface area (Å²) in [5, 5.41) is 3.85. The number of esters is 1. The molecule has 2 aromatic carbocycles. The Morgan fingerprint density at radius 3 is 2.60 bits per heavy atom. The molecule has 3 rings (SSSR count). The number of aromatic nitrogens is 1. The van der Waals surface area contributed by atoms with Gasteiger partial charge >= 0.3 is 12.1 Å². The number of para-hydroxylation sites is 1. The molecule has 0 saturated heterocycles. The molecule has 0 atom stereocenters. The summed E-state index contributed by atoms with van der Waals surface area (Å²) >= 11 is 0. The highest BCUT2D eigenvalue weighted by molar-refractivity contribution is 5.91. The van der Waals surface area contributed by atoms with Gasteiger partial charge in [-0.3, -0.25) is 10.4 Å². The highest BCUT2D eigenvalue weighted by atomic mass is 19.4. The number of benzene rings is 2. The second-order valence-electron chi connectivity index (χ2n) is 5.95. The van der Waals surface area contributed by atoms with Crippen LogP contribution in [-0.2, 0) is 6.18 Å². The molecule has 30 heavy (non-hydrogen) atoms. The number of hydrogen-bond donors (Lipinski definition) is 1. The molecule has 9 heteroatoms. The van der Waals surface area contributed by atoms with Gasteiger partial charge in [0.05, 0.1) is 30.1 Å². The maximum Gasteiger partial charge on any atom is 0.418 e. The summed E-state index contributed by atoms with van der Waals surface area (Å²) in [4.78, 5) is 16.0. The first-order valence-corrected chi connectivity index (χ1v) is 8.64. The van der Waals surface area contributed by atoms with E-state index in [4.69, 9.17) is 9.47 Å². The fraction of sp³-hybridized carbons (Fsp3) is 0.0952. The van der Waals surface area contributed by atoms with E-state index >= 15 is 0 Å². The van der Waals surface area contributed by atoms with Crippen LogP contribution in [0.3, 0.4) is 0 Å². The number of nitrogens with zero attached hydrogens (tertiary/aromatic N) is 2. The number of carbonyl (C=O) groups is 1. The summed E-state index contributed by atoms with van der Waals surface area (Å²) in [7, 11) is 1.40. The largest absolute Gasteiger partial charge is 0.493 e. The number of anilines is 1. The fourth-order valence-electron chi connectivity index (χ4n) is 2.50. The van der Waals surface area contributed by atoms with Crippen LogP contribution in [0, 0.1) is 0 Å². The van der Waals surface area contributed by atoms with Crippen molar-refractivity contribution in [3.63, 3.8) is 0 Å². The number of methoxy groups -OCH3 is 1. The lowest BCUT2D eigenvalue weighted by Gasteiger charge is -2.11. The van der Waals surface area contributed by atoms with Crippen LogP contribution >= 0.6 is 0 Å². The van der Waals surface area contributed by atoms with E-state index in [1.54, 1.807) is 18.2 Å². The van der Waals surface area contributed by atoms with E-state index in [-0.39, 0.29) is 22.7 Å². The molecule has 0 amide bonds. The molecule has 0 radical (unpaired) electrons. The predicted molar refractivity (Wildman–Crippen MR) is 105 cm³/mol. The monoisotopic (exact) mass is 415 g/mol. The van der Waals surface area contributed by atoms with Gasteiger partial charge in [0.1, 0.15) is 0 Å². The van der Waals surface area contributed by atoms with Crippen LogP contribution in [0.25, 0.3) is 0 Å². The topological polar surface area (TPSA) is 72.8 Å². The zero-order valence-electron chi connectivity index (χ0n) is 15.7. The van der Waals surface area contributed by atoms with E-state index in [1.807, 2.05) is 0 Å². The van der Waals surface area contributed by atoms with Crippen molar-refractivity contribution in [3.05, 3.63) is 83.7 Å². The summed E-state index contributed by atoms with van der Waals surface area (Å²) in [5.41, 5.74) is 2.19. The minimum atomic E-state index is -4.50. The number of carbonyl (C=O) groups excluding carboxylic acids is 1. The molecule has 154 valence electrons. The molecular formula is C21H16F3N3O3. The Morgan fingerprint density at radius 1 is 1.10 bits per heavy atom. The summed E-state index contributed by atoms with van der Waals surface area (Å²) in [6.45, 7) is 0. The van der Waals surface area contributed by atoms with Crippen LogP contribution in [0.1, 0.15) is 21.5 Å². The molecule has 3 aromatic rings. The molecule has 0 spiro atoms. The van der Waals surface area contributed by atoms with Crippen molar-refractivity contribution in [3.8, 4) is 11.5 Å². The fourth-order valence-corrected chi connectivity index (χ4v) is 2.50. The first-order valence-electron chi connectivity index (χ1n) is 8.64. The van der Waals surface area contributed by atoms with Gasteiger partial charge in [0.15, 0.2) is 11.5 Å². The molecule has 0 aliphatic rings. The normalized spacial score (nSPS) is 11.3. The molecule has 0 unspecified atom stereocenters. The lowest BCUT2D eigenvalue weighted by Crippen LogP contribution is -2.09. The minimum absolute atomic E-state index is 0.171. The number of pyridine rings is 1.